The number of nitrogens with one attached hydrogen (secondary N) is 1. The minimum Gasteiger partial charge on any atom is -0.307 e. The molecule has 1 aliphatic rings. The second-order valence-electron chi connectivity index (χ2n) is 5.13. The zero-order valence-corrected chi connectivity index (χ0v) is 11.2. The Bertz CT molecular complexity index is 535. The molecule has 0 radical (unpaired) electrons. The molecule has 2 aromatic rings. The average molecular weight is 253 g/mol. The molecule has 3 heteroatoms. The van der Waals surface area contributed by atoms with Gasteiger partial charge in [0.2, 0.25) is 0 Å². The Labute approximate surface area is 114 Å². The first-order valence-corrected chi connectivity index (χ1v) is 6.92. The van der Waals surface area contributed by atoms with Gasteiger partial charge in [0.25, 0.3) is 0 Å². The van der Waals surface area contributed by atoms with Crippen LogP contribution in [0.4, 0.5) is 0 Å². The van der Waals surface area contributed by atoms with Crippen LogP contribution < -0.4 is 5.32 Å². The summed E-state index contributed by atoms with van der Waals surface area (Å²) in [5, 5.41) is 3.31. The smallest absolute Gasteiger partial charge is 0.149 e. The van der Waals surface area contributed by atoms with Crippen LogP contribution in [0, 0.1) is 0 Å². The van der Waals surface area contributed by atoms with Gasteiger partial charge in [-0.15, -0.1) is 0 Å². The van der Waals surface area contributed by atoms with Gasteiger partial charge in [-0.3, -0.25) is 0 Å². The van der Waals surface area contributed by atoms with Crippen molar-refractivity contribution in [2.75, 3.05) is 7.05 Å². The fraction of sp³-hybridized carbons (Fsp3) is 0.375. The SMILES string of the molecule is CNC(c1cccc(C2CCC2)c1)c1ncccn1. The van der Waals surface area contributed by atoms with E-state index in [-0.39, 0.29) is 6.04 Å². The Morgan fingerprint density at radius 1 is 1.16 bits per heavy atom. The van der Waals surface area contributed by atoms with Crippen LogP contribution in [-0.2, 0) is 0 Å². The van der Waals surface area contributed by atoms with Gasteiger partial charge in [-0.1, -0.05) is 30.7 Å². The molecule has 1 N–H and O–H groups in total. The summed E-state index contributed by atoms with van der Waals surface area (Å²) in [6.45, 7) is 0. The summed E-state index contributed by atoms with van der Waals surface area (Å²) in [7, 11) is 1.96. The van der Waals surface area contributed by atoms with E-state index in [0.717, 1.165) is 11.7 Å². The first-order valence-electron chi connectivity index (χ1n) is 6.92. The molecule has 0 bridgehead atoms. The summed E-state index contributed by atoms with van der Waals surface area (Å²) in [6, 6.07) is 10.8. The van der Waals surface area contributed by atoms with Crippen molar-refractivity contribution in [3.63, 3.8) is 0 Å². The van der Waals surface area contributed by atoms with Crippen molar-refractivity contribution >= 4 is 0 Å². The van der Waals surface area contributed by atoms with Crippen LogP contribution in [0.5, 0.6) is 0 Å². The van der Waals surface area contributed by atoms with Crippen molar-refractivity contribution in [3.8, 4) is 0 Å². The molecule has 3 nitrogen and oxygen atoms in total. The third kappa shape index (κ3) is 2.51. The number of nitrogens with zero attached hydrogens (tertiary/aromatic N) is 2. The molecule has 1 aromatic heterocycles. The Kier molecular flexibility index (Phi) is 3.56. The molecule has 19 heavy (non-hydrogen) atoms. The lowest BCUT2D eigenvalue weighted by Gasteiger charge is -2.27. The monoisotopic (exact) mass is 253 g/mol. The molecule has 1 saturated carbocycles. The molecule has 98 valence electrons. The van der Waals surface area contributed by atoms with Crippen molar-refractivity contribution in [2.24, 2.45) is 0 Å². The maximum atomic E-state index is 4.36. The van der Waals surface area contributed by atoms with Crippen molar-refractivity contribution < 1.29 is 0 Å². The Morgan fingerprint density at radius 3 is 2.58 bits per heavy atom. The minimum atomic E-state index is 0.0706. The Balaban J connectivity index is 1.91. The second-order valence-corrected chi connectivity index (χ2v) is 5.13. The summed E-state index contributed by atoms with van der Waals surface area (Å²) in [5.41, 5.74) is 2.71. The van der Waals surface area contributed by atoms with Crippen LogP contribution in [0.2, 0.25) is 0 Å². The molecular weight excluding hydrogens is 234 g/mol. The normalized spacial score (nSPS) is 16.9. The topological polar surface area (TPSA) is 37.8 Å². The summed E-state index contributed by atoms with van der Waals surface area (Å²) < 4.78 is 0. The lowest BCUT2D eigenvalue weighted by atomic mass is 9.79. The molecule has 0 saturated heterocycles. The maximum absolute atomic E-state index is 4.36. The highest BCUT2D eigenvalue weighted by atomic mass is 15.0. The van der Waals surface area contributed by atoms with Gasteiger partial charge in [-0.05, 0) is 43.0 Å². The minimum absolute atomic E-state index is 0.0706. The number of hydrogen-bond acceptors (Lipinski definition) is 3. The van der Waals surface area contributed by atoms with Gasteiger partial charge in [0, 0.05) is 12.4 Å². The second kappa shape index (κ2) is 5.49. The van der Waals surface area contributed by atoms with Crippen molar-refractivity contribution in [1.29, 1.82) is 0 Å². The number of aromatic nitrogens is 2. The third-order valence-electron chi connectivity index (χ3n) is 3.95. The molecule has 0 spiro atoms. The van der Waals surface area contributed by atoms with Crippen LogP contribution in [-0.4, -0.2) is 17.0 Å². The average Bonchev–Trinajstić information content (AvgIpc) is 2.39. The molecule has 0 aliphatic heterocycles. The van der Waals surface area contributed by atoms with E-state index < -0.39 is 0 Å². The molecule has 1 atom stereocenters. The lowest BCUT2D eigenvalue weighted by Crippen LogP contribution is -2.20. The van der Waals surface area contributed by atoms with Crippen LogP contribution in [0.1, 0.15) is 48.2 Å². The summed E-state index contributed by atoms with van der Waals surface area (Å²) in [5.74, 6) is 1.59. The maximum Gasteiger partial charge on any atom is 0.149 e. The largest absolute Gasteiger partial charge is 0.307 e. The van der Waals surface area contributed by atoms with Crippen molar-refractivity contribution in [1.82, 2.24) is 15.3 Å². The summed E-state index contributed by atoms with van der Waals surface area (Å²) >= 11 is 0. The molecule has 1 aromatic carbocycles. The Hall–Kier alpha value is -1.74. The number of benzene rings is 1. The van der Waals surface area contributed by atoms with Crippen LogP contribution in [0.3, 0.4) is 0 Å². The van der Waals surface area contributed by atoms with Gasteiger partial charge in [-0.25, -0.2) is 9.97 Å². The van der Waals surface area contributed by atoms with Crippen LogP contribution in [0.15, 0.2) is 42.7 Å². The van der Waals surface area contributed by atoms with Crippen molar-refractivity contribution in [2.45, 2.75) is 31.2 Å². The van der Waals surface area contributed by atoms with Gasteiger partial charge in [0.1, 0.15) is 5.82 Å². The van der Waals surface area contributed by atoms with E-state index in [2.05, 4.69) is 39.6 Å². The molecule has 1 unspecified atom stereocenters. The van der Waals surface area contributed by atoms with E-state index >= 15 is 0 Å². The van der Waals surface area contributed by atoms with Crippen LogP contribution >= 0.6 is 0 Å². The molecule has 1 aliphatic carbocycles. The van der Waals surface area contributed by atoms with E-state index in [0.29, 0.717) is 0 Å². The van der Waals surface area contributed by atoms with Gasteiger partial charge in [0.05, 0.1) is 6.04 Å². The standard InChI is InChI=1S/C16H19N3/c1-17-15(16-18-9-4-10-19-16)14-8-3-7-13(11-14)12-5-2-6-12/h3-4,7-12,15,17H,2,5-6H2,1H3. The zero-order valence-electron chi connectivity index (χ0n) is 11.2. The van der Waals surface area contributed by atoms with Crippen molar-refractivity contribution in [3.05, 3.63) is 59.7 Å². The highest BCUT2D eigenvalue weighted by molar-refractivity contribution is 5.32. The predicted molar refractivity (Wildman–Crippen MR) is 76.0 cm³/mol. The third-order valence-corrected chi connectivity index (χ3v) is 3.95. The molecule has 0 amide bonds. The summed E-state index contributed by atoms with van der Waals surface area (Å²) in [4.78, 5) is 8.72. The summed E-state index contributed by atoms with van der Waals surface area (Å²) in [6.07, 6.45) is 7.61. The molecule has 1 fully saturated rings. The molecular formula is C16H19N3. The van der Waals surface area contributed by atoms with E-state index in [1.165, 1.54) is 30.4 Å². The molecule has 3 rings (SSSR count). The van der Waals surface area contributed by atoms with Crippen LogP contribution in [0.25, 0.3) is 0 Å². The van der Waals surface area contributed by atoms with Gasteiger partial charge in [-0.2, -0.15) is 0 Å². The molecule has 1 heterocycles. The first-order chi connectivity index (χ1) is 9.38. The fourth-order valence-corrected chi connectivity index (χ4v) is 2.64. The predicted octanol–water partition coefficient (Wildman–Crippen LogP) is 3.05. The van der Waals surface area contributed by atoms with E-state index in [1.807, 2.05) is 13.1 Å². The van der Waals surface area contributed by atoms with Gasteiger partial charge in [0.15, 0.2) is 0 Å². The first kappa shape index (κ1) is 12.3. The van der Waals surface area contributed by atoms with E-state index in [9.17, 15) is 0 Å². The number of rotatable bonds is 4. The van der Waals surface area contributed by atoms with Gasteiger partial charge >= 0.3 is 0 Å². The van der Waals surface area contributed by atoms with E-state index in [4.69, 9.17) is 0 Å². The number of hydrogen-bond donors (Lipinski definition) is 1. The highest BCUT2D eigenvalue weighted by Crippen LogP contribution is 2.37. The zero-order chi connectivity index (χ0) is 13.1. The van der Waals surface area contributed by atoms with Gasteiger partial charge < -0.3 is 5.32 Å². The fourth-order valence-electron chi connectivity index (χ4n) is 2.64. The quantitative estimate of drug-likeness (QED) is 0.910. The van der Waals surface area contributed by atoms with E-state index in [1.54, 1.807) is 12.4 Å². The lowest BCUT2D eigenvalue weighted by molar-refractivity contribution is 0.419. The Morgan fingerprint density at radius 2 is 1.95 bits per heavy atom. The highest BCUT2D eigenvalue weighted by Gasteiger charge is 2.21.